The zero-order chi connectivity index (χ0) is 17.1. The van der Waals surface area contributed by atoms with Gasteiger partial charge < -0.3 is 9.97 Å². The van der Waals surface area contributed by atoms with Crippen LogP contribution in [-0.2, 0) is 0 Å². The van der Waals surface area contributed by atoms with E-state index in [4.69, 9.17) is 0 Å². The van der Waals surface area contributed by atoms with E-state index in [1.54, 1.807) is 12.1 Å². The van der Waals surface area contributed by atoms with Gasteiger partial charge in [0.05, 0.1) is 11.0 Å². The molecule has 4 heteroatoms. The smallest absolute Gasteiger partial charge is 0.197 e. The summed E-state index contributed by atoms with van der Waals surface area (Å²) in [6.45, 7) is 1.97. The van der Waals surface area contributed by atoms with Gasteiger partial charge in [-0.15, -0.1) is 0 Å². The molecule has 0 aliphatic carbocycles. The summed E-state index contributed by atoms with van der Waals surface area (Å²) in [7, 11) is 0. The molecule has 2 N–H and O–H groups in total. The number of aromatic nitrogens is 2. The highest BCUT2D eigenvalue weighted by atomic mass is 16.1. The Labute approximate surface area is 141 Å². The molecule has 0 unspecified atom stereocenters. The van der Waals surface area contributed by atoms with Crippen molar-refractivity contribution in [1.29, 1.82) is 0 Å². The minimum atomic E-state index is -0.0314. The number of hydrogen-bond donors (Lipinski definition) is 2. The molecular weight excluding hydrogens is 312 g/mol. The van der Waals surface area contributed by atoms with Crippen LogP contribution in [0.3, 0.4) is 0 Å². The predicted molar refractivity (Wildman–Crippen MR) is 102 cm³/mol. The fraction of sp³-hybridized carbons (Fsp3) is 0.0476. The number of fused-ring (bicyclic) bond motifs is 4. The topological polar surface area (TPSA) is 65.7 Å². The van der Waals surface area contributed by atoms with Gasteiger partial charge in [0.1, 0.15) is 0 Å². The summed E-state index contributed by atoms with van der Waals surface area (Å²) in [5.74, 6) is 0. The quantitative estimate of drug-likeness (QED) is 0.423. The molecule has 0 fully saturated rings. The Hall–Kier alpha value is -3.40. The fourth-order valence-electron chi connectivity index (χ4n) is 3.51. The average molecular weight is 326 g/mol. The molecule has 0 radical (unpaired) electrons. The lowest BCUT2D eigenvalue weighted by molar-refractivity contribution is 1.43. The zero-order valence-electron chi connectivity index (χ0n) is 13.5. The van der Waals surface area contributed by atoms with Crippen molar-refractivity contribution in [3.63, 3.8) is 0 Å². The molecule has 0 spiro atoms. The second-order valence-corrected chi connectivity index (χ2v) is 6.45. The first-order valence-electron chi connectivity index (χ1n) is 8.13. The van der Waals surface area contributed by atoms with Crippen LogP contribution < -0.4 is 10.9 Å². The maximum atomic E-state index is 12.9. The molecule has 5 aromatic rings. The standard InChI is InChI=1S/C21H14N2O2/c1-11-6-7-17-13(8-11)21(25)15-10-18-14(9-19(15)23-17)20(24)12-4-2-3-5-16(12)22-18/h2-10H,1H3,(H,22,24)(H,23,25). The number of para-hydroxylation sites is 1. The van der Waals surface area contributed by atoms with Gasteiger partial charge >= 0.3 is 0 Å². The van der Waals surface area contributed by atoms with Crippen LogP contribution in [0, 0.1) is 6.92 Å². The van der Waals surface area contributed by atoms with E-state index in [2.05, 4.69) is 9.97 Å². The fourth-order valence-corrected chi connectivity index (χ4v) is 3.51. The highest BCUT2D eigenvalue weighted by Gasteiger charge is 2.10. The number of H-pyrrole nitrogens is 2. The molecule has 0 saturated heterocycles. The van der Waals surface area contributed by atoms with Crippen molar-refractivity contribution in [3.8, 4) is 0 Å². The van der Waals surface area contributed by atoms with Crippen molar-refractivity contribution in [2.75, 3.05) is 0 Å². The number of rotatable bonds is 0. The third-order valence-corrected chi connectivity index (χ3v) is 4.78. The number of aryl methyl sites for hydroxylation is 1. The van der Waals surface area contributed by atoms with Gasteiger partial charge in [-0.3, -0.25) is 9.59 Å². The van der Waals surface area contributed by atoms with E-state index in [1.165, 1.54) is 0 Å². The predicted octanol–water partition coefficient (Wildman–Crippen LogP) is 3.98. The first-order chi connectivity index (χ1) is 12.1. The molecule has 0 saturated carbocycles. The van der Waals surface area contributed by atoms with Gasteiger partial charge in [-0.1, -0.05) is 23.8 Å². The van der Waals surface area contributed by atoms with Gasteiger partial charge in [0.15, 0.2) is 10.9 Å². The maximum absolute atomic E-state index is 12.9. The summed E-state index contributed by atoms with van der Waals surface area (Å²) >= 11 is 0. The van der Waals surface area contributed by atoms with Gasteiger partial charge in [0.25, 0.3) is 0 Å². The lowest BCUT2D eigenvalue weighted by atomic mass is 10.0. The number of aromatic amines is 2. The molecule has 25 heavy (non-hydrogen) atoms. The first-order valence-corrected chi connectivity index (χ1v) is 8.13. The maximum Gasteiger partial charge on any atom is 0.197 e. The number of hydrogen-bond acceptors (Lipinski definition) is 2. The van der Waals surface area contributed by atoms with E-state index in [0.29, 0.717) is 32.6 Å². The van der Waals surface area contributed by atoms with E-state index in [9.17, 15) is 9.59 Å². The largest absolute Gasteiger partial charge is 0.354 e. The average Bonchev–Trinajstić information content (AvgIpc) is 2.62. The lowest BCUT2D eigenvalue weighted by Crippen LogP contribution is -2.08. The van der Waals surface area contributed by atoms with Gasteiger partial charge in [0, 0.05) is 32.6 Å². The summed E-state index contributed by atoms with van der Waals surface area (Å²) in [5.41, 5.74) is 3.88. The van der Waals surface area contributed by atoms with Gasteiger partial charge in [0.2, 0.25) is 0 Å². The van der Waals surface area contributed by atoms with Gasteiger partial charge in [-0.05, 0) is 43.3 Å². The molecule has 0 atom stereocenters. The van der Waals surface area contributed by atoms with Crippen molar-refractivity contribution in [2.45, 2.75) is 6.92 Å². The Morgan fingerprint density at radius 1 is 0.600 bits per heavy atom. The number of pyridine rings is 2. The van der Waals surface area contributed by atoms with E-state index in [1.807, 2.05) is 49.4 Å². The zero-order valence-corrected chi connectivity index (χ0v) is 13.5. The van der Waals surface area contributed by atoms with E-state index < -0.39 is 0 Å². The summed E-state index contributed by atoms with van der Waals surface area (Å²) in [6.07, 6.45) is 0. The van der Waals surface area contributed by atoms with E-state index in [-0.39, 0.29) is 10.9 Å². The highest BCUT2D eigenvalue weighted by Crippen LogP contribution is 2.21. The van der Waals surface area contributed by atoms with Crippen LogP contribution in [0.2, 0.25) is 0 Å². The summed E-state index contributed by atoms with van der Waals surface area (Å²) < 4.78 is 0. The summed E-state index contributed by atoms with van der Waals surface area (Å²) in [4.78, 5) is 32.3. The third kappa shape index (κ3) is 1.94. The minimum absolute atomic E-state index is 0.0247. The minimum Gasteiger partial charge on any atom is -0.354 e. The Kier molecular flexibility index (Phi) is 2.69. The van der Waals surface area contributed by atoms with Crippen LogP contribution in [0.4, 0.5) is 0 Å². The molecule has 0 aliphatic rings. The molecular formula is C21H14N2O2. The van der Waals surface area contributed by atoms with Crippen LogP contribution in [0.25, 0.3) is 43.6 Å². The molecule has 5 rings (SSSR count). The molecule has 2 heterocycles. The number of nitrogens with one attached hydrogen (secondary N) is 2. The van der Waals surface area contributed by atoms with Crippen molar-refractivity contribution in [2.24, 2.45) is 0 Å². The molecule has 0 bridgehead atoms. The first kappa shape index (κ1) is 14.0. The van der Waals surface area contributed by atoms with E-state index in [0.717, 1.165) is 16.6 Å². The molecule has 0 amide bonds. The third-order valence-electron chi connectivity index (χ3n) is 4.78. The lowest BCUT2D eigenvalue weighted by Gasteiger charge is -2.07. The highest BCUT2D eigenvalue weighted by molar-refractivity contribution is 6.02. The molecule has 4 nitrogen and oxygen atoms in total. The second kappa shape index (κ2) is 4.80. The molecule has 2 aromatic heterocycles. The van der Waals surface area contributed by atoms with Crippen LogP contribution in [0.15, 0.2) is 64.2 Å². The van der Waals surface area contributed by atoms with Crippen molar-refractivity contribution >= 4 is 43.6 Å². The summed E-state index contributed by atoms with van der Waals surface area (Å²) in [6, 6.07) is 16.7. The van der Waals surface area contributed by atoms with Gasteiger partial charge in [-0.25, -0.2) is 0 Å². The molecule has 0 aliphatic heterocycles. The molecule has 120 valence electrons. The van der Waals surface area contributed by atoms with Crippen LogP contribution in [-0.4, -0.2) is 9.97 Å². The Morgan fingerprint density at radius 2 is 1.16 bits per heavy atom. The SMILES string of the molecule is Cc1ccc2[nH]c3cc4c(=O)c5ccccc5[nH]c4cc3c(=O)c2c1. The summed E-state index contributed by atoms with van der Waals surface area (Å²) in [5, 5.41) is 2.47. The Bertz CT molecular complexity index is 1440. The Balaban J connectivity index is 2.02. The van der Waals surface area contributed by atoms with E-state index >= 15 is 0 Å². The van der Waals surface area contributed by atoms with Crippen molar-refractivity contribution in [1.82, 2.24) is 9.97 Å². The number of benzene rings is 3. The van der Waals surface area contributed by atoms with Crippen molar-refractivity contribution < 1.29 is 0 Å². The Morgan fingerprint density at radius 3 is 1.88 bits per heavy atom. The normalized spacial score (nSPS) is 11.7. The van der Waals surface area contributed by atoms with Crippen molar-refractivity contribution in [3.05, 3.63) is 80.6 Å². The second-order valence-electron chi connectivity index (χ2n) is 6.45. The monoisotopic (exact) mass is 326 g/mol. The van der Waals surface area contributed by atoms with Gasteiger partial charge in [-0.2, -0.15) is 0 Å². The van der Waals surface area contributed by atoms with Crippen LogP contribution in [0.5, 0.6) is 0 Å². The van der Waals surface area contributed by atoms with Crippen LogP contribution >= 0.6 is 0 Å². The molecule has 3 aromatic carbocycles. The van der Waals surface area contributed by atoms with Crippen LogP contribution in [0.1, 0.15) is 5.56 Å².